The Kier molecular flexibility index (Phi) is 3.46. The zero-order valence-electron chi connectivity index (χ0n) is 9.63. The van der Waals surface area contributed by atoms with E-state index in [0.29, 0.717) is 26.1 Å². The maximum Gasteiger partial charge on any atom is 0.281 e. The molecule has 1 aromatic carbocycles. The molecule has 0 aromatic heterocycles. The van der Waals surface area contributed by atoms with E-state index >= 15 is 0 Å². The molecule has 0 amide bonds. The molecule has 0 unspecified atom stereocenters. The summed E-state index contributed by atoms with van der Waals surface area (Å²) < 4.78 is 38.9. The van der Waals surface area contributed by atoms with Crippen LogP contribution in [0.2, 0.25) is 0 Å². The van der Waals surface area contributed by atoms with Crippen molar-refractivity contribution in [3.05, 3.63) is 35.6 Å². The predicted molar refractivity (Wildman–Crippen MR) is 63.2 cm³/mol. The fourth-order valence-corrected chi connectivity index (χ4v) is 2.78. The van der Waals surface area contributed by atoms with Gasteiger partial charge in [-0.05, 0) is 24.1 Å². The molecule has 1 aliphatic heterocycles. The van der Waals surface area contributed by atoms with Gasteiger partial charge in [-0.15, -0.1) is 0 Å². The molecule has 0 spiro atoms. The minimum Gasteiger partial charge on any atom is -0.207 e. The first kappa shape index (κ1) is 12.5. The summed E-state index contributed by atoms with van der Waals surface area (Å²) in [6, 6.07) is 6.11. The van der Waals surface area contributed by atoms with Crippen LogP contribution in [-0.4, -0.2) is 43.7 Å². The van der Waals surface area contributed by atoms with E-state index in [1.54, 1.807) is 19.2 Å². The zero-order chi connectivity index (χ0) is 12.5. The third-order valence-corrected chi connectivity index (χ3v) is 4.74. The fraction of sp³-hybridized carbons (Fsp3) is 0.455. The van der Waals surface area contributed by atoms with E-state index in [1.165, 1.54) is 20.7 Å². The molecule has 94 valence electrons. The number of likely N-dealkylation sites (N-methyl/N-ethyl adjacent to an activating group) is 1. The van der Waals surface area contributed by atoms with Crippen molar-refractivity contribution in [2.45, 2.75) is 6.42 Å². The summed E-state index contributed by atoms with van der Waals surface area (Å²) in [5, 5.41) is 0. The number of nitrogens with zero attached hydrogens (tertiary/aromatic N) is 2. The Bertz CT molecular complexity index is 483. The van der Waals surface area contributed by atoms with Crippen LogP contribution in [0.5, 0.6) is 0 Å². The lowest BCUT2D eigenvalue weighted by molar-refractivity contribution is 0.445. The van der Waals surface area contributed by atoms with Gasteiger partial charge in [-0.1, -0.05) is 12.1 Å². The summed E-state index contributed by atoms with van der Waals surface area (Å²) in [5.41, 5.74) is 0.930. The minimum atomic E-state index is -3.25. The smallest absolute Gasteiger partial charge is 0.207 e. The average molecular weight is 258 g/mol. The number of hydrogen-bond donors (Lipinski definition) is 0. The predicted octanol–water partition coefficient (Wildman–Crippen LogP) is 0.860. The Balaban J connectivity index is 1.91. The molecule has 6 heteroatoms. The van der Waals surface area contributed by atoms with Crippen molar-refractivity contribution in [2.24, 2.45) is 0 Å². The normalized spacial score (nSPS) is 16.4. The summed E-state index contributed by atoms with van der Waals surface area (Å²) >= 11 is 0. The molecular formula is C11H15FN2O2S. The summed E-state index contributed by atoms with van der Waals surface area (Å²) in [7, 11) is -1.68. The van der Waals surface area contributed by atoms with Crippen LogP contribution >= 0.6 is 0 Å². The average Bonchev–Trinajstić information content (AvgIpc) is 3.11. The molecule has 0 bridgehead atoms. The summed E-state index contributed by atoms with van der Waals surface area (Å²) in [6.45, 7) is 1.64. The van der Waals surface area contributed by atoms with Crippen LogP contribution < -0.4 is 0 Å². The van der Waals surface area contributed by atoms with E-state index < -0.39 is 10.2 Å². The van der Waals surface area contributed by atoms with Gasteiger partial charge in [-0.25, -0.2) is 4.39 Å². The van der Waals surface area contributed by atoms with Crippen LogP contribution in [-0.2, 0) is 16.6 Å². The molecular weight excluding hydrogens is 243 g/mol. The summed E-state index contributed by atoms with van der Waals surface area (Å²) in [5.74, 6) is -0.279. The number of halogens is 1. The molecule has 1 aromatic rings. The van der Waals surface area contributed by atoms with Crippen molar-refractivity contribution >= 4 is 10.2 Å². The molecule has 0 N–H and O–H groups in total. The highest BCUT2D eigenvalue weighted by Gasteiger charge is 2.34. The van der Waals surface area contributed by atoms with Crippen LogP contribution in [0.3, 0.4) is 0 Å². The molecule has 0 aliphatic carbocycles. The van der Waals surface area contributed by atoms with Gasteiger partial charge in [-0.3, -0.25) is 0 Å². The molecule has 1 saturated heterocycles. The summed E-state index contributed by atoms with van der Waals surface area (Å²) in [6.07, 6.45) is 0.587. The second kappa shape index (κ2) is 4.72. The Morgan fingerprint density at radius 3 is 2.41 bits per heavy atom. The Hall–Kier alpha value is -0.980. The fourth-order valence-electron chi connectivity index (χ4n) is 1.52. The van der Waals surface area contributed by atoms with Gasteiger partial charge in [0.05, 0.1) is 0 Å². The molecule has 2 rings (SSSR count). The standard InChI is InChI=1S/C11H15FN2O2S/c1-13(17(15,16)14-8-9-14)7-6-10-2-4-11(12)5-3-10/h2-5H,6-9H2,1H3. The van der Waals surface area contributed by atoms with Gasteiger partial charge >= 0.3 is 0 Å². The van der Waals surface area contributed by atoms with E-state index in [1.807, 2.05) is 0 Å². The largest absolute Gasteiger partial charge is 0.281 e. The highest BCUT2D eigenvalue weighted by atomic mass is 32.2. The molecule has 1 aliphatic rings. The van der Waals surface area contributed by atoms with Crippen molar-refractivity contribution in [3.8, 4) is 0 Å². The van der Waals surface area contributed by atoms with Gasteiger partial charge < -0.3 is 0 Å². The van der Waals surface area contributed by atoms with Gasteiger partial charge in [-0.2, -0.15) is 17.0 Å². The Morgan fingerprint density at radius 2 is 1.88 bits per heavy atom. The third-order valence-electron chi connectivity index (χ3n) is 2.75. The van der Waals surface area contributed by atoms with Crippen molar-refractivity contribution in [1.82, 2.24) is 8.61 Å². The van der Waals surface area contributed by atoms with Crippen LogP contribution in [0.25, 0.3) is 0 Å². The topological polar surface area (TPSA) is 40.4 Å². The minimum absolute atomic E-state index is 0.279. The van der Waals surface area contributed by atoms with Crippen LogP contribution in [0.1, 0.15) is 5.56 Å². The van der Waals surface area contributed by atoms with Gasteiger partial charge in [0, 0.05) is 26.7 Å². The van der Waals surface area contributed by atoms with E-state index in [9.17, 15) is 12.8 Å². The lowest BCUT2D eigenvalue weighted by Gasteiger charge is -2.17. The van der Waals surface area contributed by atoms with Crippen molar-refractivity contribution < 1.29 is 12.8 Å². The monoisotopic (exact) mass is 258 g/mol. The van der Waals surface area contributed by atoms with Crippen LogP contribution in [0.4, 0.5) is 4.39 Å². The Morgan fingerprint density at radius 1 is 1.29 bits per heavy atom. The lowest BCUT2D eigenvalue weighted by atomic mass is 10.1. The zero-order valence-corrected chi connectivity index (χ0v) is 10.5. The van der Waals surface area contributed by atoms with Gasteiger partial charge in [0.1, 0.15) is 5.82 Å². The van der Waals surface area contributed by atoms with E-state index in [-0.39, 0.29) is 5.82 Å². The van der Waals surface area contributed by atoms with Crippen LogP contribution in [0, 0.1) is 5.82 Å². The first-order valence-electron chi connectivity index (χ1n) is 5.46. The maximum atomic E-state index is 12.7. The van der Waals surface area contributed by atoms with E-state index in [4.69, 9.17) is 0 Å². The quantitative estimate of drug-likeness (QED) is 0.735. The van der Waals surface area contributed by atoms with Gasteiger partial charge in [0.2, 0.25) is 0 Å². The number of hydrogen-bond acceptors (Lipinski definition) is 2. The molecule has 1 heterocycles. The second-order valence-corrected chi connectivity index (χ2v) is 6.14. The second-order valence-electron chi connectivity index (χ2n) is 4.10. The van der Waals surface area contributed by atoms with Crippen molar-refractivity contribution in [3.63, 3.8) is 0 Å². The maximum absolute atomic E-state index is 12.7. The molecule has 4 nitrogen and oxygen atoms in total. The van der Waals surface area contributed by atoms with Gasteiger partial charge in [0.15, 0.2) is 0 Å². The molecule has 0 saturated carbocycles. The molecule has 1 fully saturated rings. The first-order valence-corrected chi connectivity index (χ1v) is 6.86. The highest BCUT2D eigenvalue weighted by Crippen LogP contribution is 2.15. The van der Waals surface area contributed by atoms with Crippen molar-refractivity contribution in [2.75, 3.05) is 26.7 Å². The highest BCUT2D eigenvalue weighted by molar-refractivity contribution is 7.87. The Labute approximate surface area is 101 Å². The van der Waals surface area contributed by atoms with E-state index in [0.717, 1.165) is 5.56 Å². The van der Waals surface area contributed by atoms with E-state index in [2.05, 4.69) is 0 Å². The number of benzene rings is 1. The van der Waals surface area contributed by atoms with Crippen molar-refractivity contribution in [1.29, 1.82) is 0 Å². The molecule has 17 heavy (non-hydrogen) atoms. The third kappa shape index (κ3) is 3.02. The summed E-state index contributed by atoms with van der Waals surface area (Å²) in [4.78, 5) is 0. The molecule has 0 radical (unpaired) electrons. The lowest BCUT2D eigenvalue weighted by Crippen LogP contribution is -2.33. The molecule has 0 atom stereocenters. The number of rotatable bonds is 5. The SMILES string of the molecule is CN(CCc1ccc(F)cc1)S(=O)(=O)N1CC1. The van der Waals surface area contributed by atoms with Gasteiger partial charge in [0.25, 0.3) is 10.2 Å². The first-order chi connectivity index (χ1) is 8.00. The van der Waals surface area contributed by atoms with Crippen LogP contribution in [0.15, 0.2) is 24.3 Å².